The van der Waals surface area contributed by atoms with Crippen LogP contribution >= 0.6 is 0 Å². The van der Waals surface area contributed by atoms with Gasteiger partial charge in [-0.3, -0.25) is 34.0 Å². The van der Waals surface area contributed by atoms with Gasteiger partial charge in [-0.1, -0.05) is 60.7 Å². The number of carbonyl (C=O) groups excluding carboxylic acids is 5. The van der Waals surface area contributed by atoms with E-state index < -0.39 is 36.0 Å². The monoisotopic (exact) mass is 948 g/mol. The fourth-order valence-corrected chi connectivity index (χ4v) is 7.75. The zero-order valence-corrected chi connectivity index (χ0v) is 39.4. The molecule has 2 fully saturated rings. The van der Waals surface area contributed by atoms with Gasteiger partial charge in [0.1, 0.15) is 11.6 Å². The minimum atomic E-state index is -5.12. The molecule has 0 radical (unpaired) electrons. The predicted molar refractivity (Wildman–Crippen MR) is 251 cm³/mol. The van der Waals surface area contributed by atoms with E-state index in [1.807, 2.05) is 35.2 Å². The van der Waals surface area contributed by atoms with Gasteiger partial charge in [-0.05, 0) is 77.9 Å². The first-order chi connectivity index (χ1) is 32.0. The van der Waals surface area contributed by atoms with Gasteiger partial charge >= 0.3 is 24.1 Å². The Bertz CT molecular complexity index is 2380. The molecule has 6 rings (SSSR count). The van der Waals surface area contributed by atoms with Crippen LogP contribution in [0.15, 0.2) is 97.1 Å². The first kappa shape index (κ1) is 52.7. The number of benzene rings is 4. The number of rotatable bonds is 11. The summed E-state index contributed by atoms with van der Waals surface area (Å²) in [4.78, 5) is 73.0. The quantitative estimate of drug-likeness (QED) is 0.115. The number of anilines is 2. The molecule has 4 aromatic carbocycles. The molecule has 0 bridgehead atoms. The third-order valence-corrected chi connectivity index (χ3v) is 11.9. The molecule has 2 aliphatic rings. The van der Waals surface area contributed by atoms with Crippen molar-refractivity contribution < 1.29 is 45.9 Å². The molecule has 0 unspecified atom stereocenters. The lowest BCUT2D eigenvalue weighted by Gasteiger charge is -2.43. The molecular formula is C50H61F5N8O5. The van der Waals surface area contributed by atoms with E-state index in [1.54, 1.807) is 52.3 Å². The van der Waals surface area contributed by atoms with Gasteiger partial charge in [0.15, 0.2) is 11.6 Å². The molecule has 0 atom stereocenters. The highest BCUT2D eigenvalue weighted by Crippen LogP contribution is 2.26. The number of urea groups is 2. The highest BCUT2D eigenvalue weighted by Gasteiger charge is 2.39. The summed E-state index contributed by atoms with van der Waals surface area (Å²) in [6.45, 7) is 17.0. The van der Waals surface area contributed by atoms with E-state index in [0.717, 1.165) is 19.2 Å². The zero-order chi connectivity index (χ0) is 50.0. The second kappa shape index (κ2) is 22.7. The van der Waals surface area contributed by atoms with Crippen LogP contribution < -0.4 is 20.9 Å². The molecule has 0 aliphatic carbocycles. The Labute approximate surface area is 394 Å². The standard InChI is InChI=1S/C26H30F4N4O3.C24H31FN4O2/c1-25(2,3)33-13-11-32(12-14-33)24(37)34(20-7-5-4-6-8-20)17-19-10-9-18(15-21(19)27)22(35)16-31-23(36)26(28,29)30;1-24(2,3)28-13-11-27(12-14-28)23(31)29(20-7-5-4-6-8-20)17-19-10-9-18(15-21(19)25)22(30)16-26/h4-10,15H,11-14,16-17H2,1-3H3,(H,31,36);4-10,15H,11-14,16-17,26H2,1-3H3. The maximum atomic E-state index is 15.0. The Balaban J connectivity index is 0.000000258. The Morgan fingerprint density at radius 3 is 1.25 bits per heavy atom. The minimum Gasteiger partial charge on any atom is -0.341 e. The molecule has 0 aromatic heterocycles. The number of carbonyl (C=O) groups is 5. The molecule has 3 N–H and O–H groups in total. The summed E-state index contributed by atoms with van der Waals surface area (Å²) in [5.41, 5.74) is 7.19. The van der Waals surface area contributed by atoms with Gasteiger partial charge in [-0.15, -0.1) is 0 Å². The van der Waals surface area contributed by atoms with Gasteiger partial charge in [0.2, 0.25) is 0 Å². The smallest absolute Gasteiger partial charge is 0.341 e. The molecule has 5 amide bonds. The molecule has 0 spiro atoms. The van der Waals surface area contributed by atoms with Crippen LogP contribution in [-0.4, -0.2) is 132 Å². The van der Waals surface area contributed by atoms with E-state index in [2.05, 4.69) is 51.3 Å². The van der Waals surface area contributed by atoms with Crippen molar-refractivity contribution in [3.63, 3.8) is 0 Å². The van der Waals surface area contributed by atoms with Crippen molar-refractivity contribution in [2.24, 2.45) is 5.73 Å². The number of alkyl halides is 3. The number of ketones is 2. The fraction of sp³-hybridized carbons (Fsp3) is 0.420. The highest BCUT2D eigenvalue weighted by atomic mass is 19.4. The van der Waals surface area contributed by atoms with Crippen LogP contribution in [0.2, 0.25) is 0 Å². The lowest BCUT2D eigenvalue weighted by atomic mass is 10.0. The minimum absolute atomic E-state index is 0.0217. The predicted octanol–water partition coefficient (Wildman–Crippen LogP) is 7.74. The molecule has 2 aliphatic heterocycles. The molecule has 2 saturated heterocycles. The summed E-state index contributed by atoms with van der Waals surface area (Å²) in [7, 11) is 0. The Kier molecular flexibility index (Phi) is 17.6. The molecule has 13 nitrogen and oxygen atoms in total. The van der Waals surface area contributed by atoms with Gasteiger partial charge in [0.05, 0.1) is 26.2 Å². The molecule has 366 valence electrons. The fourth-order valence-electron chi connectivity index (χ4n) is 7.75. The first-order valence-electron chi connectivity index (χ1n) is 22.4. The molecular weight excluding hydrogens is 888 g/mol. The molecule has 68 heavy (non-hydrogen) atoms. The van der Waals surface area contributed by atoms with E-state index in [4.69, 9.17) is 5.73 Å². The molecule has 18 heteroatoms. The number of amides is 5. The maximum Gasteiger partial charge on any atom is 0.471 e. The number of piperazine rings is 2. The van der Waals surface area contributed by atoms with Crippen LogP contribution in [0.1, 0.15) is 73.4 Å². The Morgan fingerprint density at radius 1 is 0.559 bits per heavy atom. The summed E-state index contributed by atoms with van der Waals surface area (Å²) in [6.07, 6.45) is -5.12. The van der Waals surface area contributed by atoms with Crippen LogP contribution in [0, 0.1) is 11.6 Å². The first-order valence-corrected chi connectivity index (χ1v) is 22.4. The van der Waals surface area contributed by atoms with Crippen LogP contribution in [0.4, 0.5) is 42.9 Å². The van der Waals surface area contributed by atoms with Crippen LogP contribution in [0.5, 0.6) is 0 Å². The van der Waals surface area contributed by atoms with E-state index in [0.29, 0.717) is 56.2 Å². The Hall–Kier alpha value is -6.24. The van der Waals surface area contributed by atoms with Crippen molar-refractivity contribution in [1.29, 1.82) is 0 Å². The second-order valence-electron chi connectivity index (χ2n) is 18.5. The number of halogens is 5. The number of hydrogen-bond acceptors (Lipinski definition) is 8. The average Bonchev–Trinajstić information content (AvgIpc) is 3.31. The molecule has 4 aromatic rings. The number of Topliss-reactive ketones (excluding diaryl/α,β-unsaturated/α-hetero) is 2. The van der Waals surface area contributed by atoms with Gasteiger partial charge in [-0.2, -0.15) is 13.2 Å². The van der Waals surface area contributed by atoms with E-state index >= 15 is 0 Å². The summed E-state index contributed by atoms with van der Waals surface area (Å²) < 4.78 is 66.7. The lowest BCUT2D eigenvalue weighted by Crippen LogP contribution is -2.57. The van der Waals surface area contributed by atoms with Crippen molar-refractivity contribution in [3.8, 4) is 0 Å². The van der Waals surface area contributed by atoms with Gasteiger partial charge in [0, 0.05) is 97.1 Å². The summed E-state index contributed by atoms with van der Waals surface area (Å²) in [5.74, 6) is -4.77. The van der Waals surface area contributed by atoms with E-state index in [1.165, 1.54) is 28.4 Å². The zero-order valence-electron chi connectivity index (χ0n) is 39.4. The number of nitrogens with zero attached hydrogens (tertiary/aromatic N) is 6. The van der Waals surface area contributed by atoms with Gasteiger partial charge in [0.25, 0.3) is 0 Å². The van der Waals surface area contributed by atoms with E-state index in [-0.39, 0.29) is 65.2 Å². The number of para-hydroxylation sites is 2. The molecule has 2 heterocycles. The largest absolute Gasteiger partial charge is 0.471 e. The van der Waals surface area contributed by atoms with E-state index in [9.17, 15) is 45.9 Å². The SMILES string of the molecule is CC(C)(C)N1CCN(C(=O)N(Cc2ccc(C(=O)CN)cc2F)c2ccccc2)CC1.CC(C)(C)N1CCN(C(=O)N(Cc2ccc(C(=O)CNC(=O)C(F)(F)F)cc2F)c2ccccc2)CC1. The van der Waals surface area contributed by atoms with Crippen molar-refractivity contribution in [2.75, 3.05) is 75.2 Å². The third-order valence-electron chi connectivity index (χ3n) is 11.9. The Morgan fingerprint density at radius 2 is 0.926 bits per heavy atom. The summed E-state index contributed by atoms with van der Waals surface area (Å²) in [5, 5.41) is 1.47. The van der Waals surface area contributed by atoms with Gasteiger partial charge < -0.3 is 20.9 Å². The van der Waals surface area contributed by atoms with Crippen molar-refractivity contribution in [1.82, 2.24) is 24.9 Å². The number of nitrogens with one attached hydrogen (secondary N) is 1. The van der Waals surface area contributed by atoms with Crippen LogP contribution in [0.3, 0.4) is 0 Å². The highest BCUT2D eigenvalue weighted by molar-refractivity contribution is 6.00. The van der Waals surface area contributed by atoms with Crippen molar-refractivity contribution in [2.45, 2.75) is 71.9 Å². The van der Waals surface area contributed by atoms with Crippen molar-refractivity contribution in [3.05, 3.63) is 131 Å². The number of hydrogen-bond donors (Lipinski definition) is 2. The molecule has 0 saturated carbocycles. The third kappa shape index (κ3) is 14.1. The van der Waals surface area contributed by atoms with Gasteiger partial charge in [-0.25, -0.2) is 18.4 Å². The average molecular weight is 949 g/mol. The summed E-state index contributed by atoms with van der Waals surface area (Å²) in [6, 6.07) is 25.4. The lowest BCUT2D eigenvalue weighted by molar-refractivity contribution is -0.173. The maximum absolute atomic E-state index is 15.0. The summed E-state index contributed by atoms with van der Waals surface area (Å²) >= 11 is 0. The van der Waals surface area contributed by atoms with Crippen molar-refractivity contribution >= 4 is 40.9 Å². The van der Waals surface area contributed by atoms with Crippen LogP contribution in [-0.2, 0) is 17.9 Å². The van der Waals surface area contributed by atoms with Crippen LogP contribution in [0.25, 0.3) is 0 Å². The normalized spacial score (nSPS) is 14.9. The second-order valence-corrected chi connectivity index (χ2v) is 18.5. The topological polar surface area (TPSA) is 143 Å². The number of nitrogens with two attached hydrogens (primary N) is 1.